The first-order valence-corrected chi connectivity index (χ1v) is 23.5. The highest BCUT2D eigenvalue weighted by Gasteiger charge is 2.58. The summed E-state index contributed by atoms with van der Waals surface area (Å²) in [7, 11) is 0. The van der Waals surface area contributed by atoms with E-state index < -0.39 is 0 Å². The normalized spacial score (nSPS) is 18.6. The van der Waals surface area contributed by atoms with Crippen molar-refractivity contribution in [3.63, 3.8) is 0 Å². The number of benzene rings is 9. The molecular weight excluding hydrogens is 795 g/mol. The SMILES string of the molecule is C1=CC2c3ccc(N(c4ccc(-c5ccc6ccccc6c5-c5ccc(-c6ccccc6)cc5)cc4)c4ccccc4-c4ccccc4)cc3C3(C4=CCCC=C4c4ccccc43)C2C=C1. The van der Waals surface area contributed by atoms with Gasteiger partial charge in [-0.2, -0.15) is 0 Å². The Hall–Kier alpha value is -8.00. The molecule has 0 aliphatic heterocycles. The highest BCUT2D eigenvalue weighted by atomic mass is 15.1. The lowest BCUT2D eigenvalue weighted by Gasteiger charge is -2.37. The summed E-state index contributed by atoms with van der Waals surface area (Å²) in [6, 6.07) is 78.8. The lowest BCUT2D eigenvalue weighted by molar-refractivity contribution is 0.464. The van der Waals surface area contributed by atoms with Crippen LogP contribution in [0.3, 0.4) is 0 Å². The Labute approximate surface area is 387 Å². The van der Waals surface area contributed by atoms with E-state index in [4.69, 9.17) is 0 Å². The number of rotatable bonds is 7. The molecular formula is C65H47N. The van der Waals surface area contributed by atoms with Crippen molar-refractivity contribution in [2.24, 2.45) is 5.92 Å². The minimum Gasteiger partial charge on any atom is -0.310 e. The van der Waals surface area contributed by atoms with Gasteiger partial charge in [-0.15, -0.1) is 0 Å². The number of hydrogen-bond donors (Lipinski definition) is 0. The fraction of sp³-hybridized carbons (Fsp3) is 0.0769. The number of fused-ring (bicyclic) bond motifs is 11. The molecule has 0 heterocycles. The molecule has 0 aromatic heterocycles. The first-order valence-electron chi connectivity index (χ1n) is 23.5. The Bertz CT molecular complexity index is 3460. The maximum Gasteiger partial charge on any atom is 0.0540 e. The molecule has 1 spiro atoms. The van der Waals surface area contributed by atoms with Crippen molar-refractivity contribution in [2.75, 3.05) is 4.90 Å². The van der Waals surface area contributed by atoms with Crippen LogP contribution in [0.15, 0.2) is 254 Å². The van der Waals surface area contributed by atoms with Crippen LogP contribution in [0.1, 0.15) is 41.0 Å². The Morgan fingerprint density at radius 1 is 0.424 bits per heavy atom. The van der Waals surface area contributed by atoms with Gasteiger partial charge in [-0.25, -0.2) is 0 Å². The van der Waals surface area contributed by atoms with E-state index >= 15 is 0 Å². The van der Waals surface area contributed by atoms with Crippen LogP contribution in [-0.4, -0.2) is 0 Å². The molecule has 9 aromatic carbocycles. The number of hydrogen-bond acceptors (Lipinski definition) is 1. The van der Waals surface area contributed by atoms with Crippen LogP contribution in [-0.2, 0) is 5.41 Å². The summed E-state index contributed by atoms with van der Waals surface area (Å²) in [5.74, 6) is 0.587. The molecule has 66 heavy (non-hydrogen) atoms. The van der Waals surface area contributed by atoms with Crippen molar-refractivity contribution in [1.29, 1.82) is 0 Å². The van der Waals surface area contributed by atoms with Crippen LogP contribution in [0.2, 0.25) is 0 Å². The first-order chi connectivity index (χ1) is 32.8. The van der Waals surface area contributed by atoms with Crippen LogP contribution in [0.5, 0.6) is 0 Å². The van der Waals surface area contributed by atoms with Crippen molar-refractivity contribution in [3.05, 3.63) is 277 Å². The van der Waals surface area contributed by atoms with E-state index in [-0.39, 0.29) is 5.41 Å². The first kappa shape index (κ1) is 38.5. The number of para-hydroxylation sites is 1. The third-order valence-corrected chi connectivity index (χ3v) is 14.8. The number of anilines is 3. The highest BCUT2D eigenvalue weighted by Crippen LogP contribution is 2.67. The van der Waals surface area contributed by atoms with E-state index in [0.717, 1.165) is 29.9 Å². The van der Waals surface area contributed by atoms with Crippen LogP contribution in [0.25, 0.3) is 60.9 Å². The lowest BCUT2D eigenvalue weighted by atomic mass is 9.64. The van der Waals surface area contributed by atoms with E-state index in [9.17, 15) is 0 Å². The molecule has 0 radical (unpaired) electrons. The predicted molar refractivity (Wildman–Crippen MR) is 277 cm³/mol. The minimum absolute atomic E-state index is 0.277. The topological polar surface area (TPSA) is 3.24 Å². The highest BCUT2D eigenvalue weighted by molar-refractivity contribution is 6.04. The van der Waals surface area contributed by atoms with Gasteiger partial charge in [-0.3, -0.25) is 0 Å². The zero-order valence-corrected chi connectivity index (χ0v) is 36.7. The average Bonchev–Trinajstić information content (AvgIpc) is 3.86. The zero-order chi connectivity index (χ0) is 43.6. The quantitative estimate of drug-likeness (QED) is 0.155. The molecule has 9 aromatic rings. The third-order valence-electron chi connectivity index (χ3n) is 14.8. The standard InChI is InChI=1S/C65H47N/c1-3-17-44(18-4-1)45-31-33-49(34-32-45)64-53-23-8-7-21-47(53)37-41-54(64)48-35-38-50(39-36-48)66(63-30-16-12-22-52(63)46-19-5-2-6-20-46)51-40-42-58-57-26-11-15-29-61(57)65(62(58)43-51)59-27-13-9-24-55(59)56-25-10-14-28-60(56)65/h1-9,11-13,15-43,57,61H,10,14H2. The van der Waals surface area contributed by atoms with Gasteiger partial charge in [0.2, 0.25) is 0 Å². The summed E-state index contributed by atoms with van der Waals surface area (Å²) >= 11 is 0. The van der Waals surface area contributed by atoms with Crippen LogP contribution >= 0.6 is 0 Å². The Morgan fingerprint density at radius 2 is 1.05 bits per heavy atom. The summed E-state index contributed by atoms with van der Waals surface area (Å²) in [4.78, 5) is 2.50. The lowest BCUT2D eigenvalue weighted by Crippen LogP contribution is -2.33. The van der Waals surface area contributed by atoms with E-state index in [1.54, 1.807) is 0 Å². The molecule has 1 heteroatoms. The van der Waals surface area contributed by atoms with Crippen molar-refractivity contribution in [3.8, 4) is 44.5 Å². The van der Waals surface area contributed by atoms with E-state index in [0.29, 0.717) is 11.8 Å². The predicted octanol–water partition coefficient (Wildman–Crippen LogP) is 17.2. The molecule has 3 unspecified atom stereocenters. The molecule has 0 saturated carbocycles. The summed E-state index contributed by atoms with van der Waals surface area (Å²) in [5.41, 5.74) is 21.4. The van der Waals surface area contributed by atoms with Crippen molar-refractivity contribution in [1.82, 2.24) is 0 Å². The maximum absolute atomic E-state index is 2.57. The van der Waals surface area contributed by atoms with E-state index in [2.05, 4.69) is 254 Å². The molecule has 4 aliphatic carbocycles. The second-order valence-electron chi connectivity index (χ2n) is 18.2. The van der Waals surface area contributed by atoms with Crippen LogP contribution in [0, 0.1) is 5.92 Å². The largest absolute Gasteiger partial charge is 0.310 e. The van der Waals surface area contributed by atoms with Crippen molar-refractivity contribution in [2.45, 2.75) is 24.2 Å². The summed E-state index contributed by atoms with van der Waals surface area (Å²) < 4.78 is 0. The Balaban J connectivity index is 0.988. The molecule has 0 bridgehead atoms. The Morgan fingerprint density at radius 3 is 1.88 bits per heavy atom. The molecule has 0 saturated heterocycles. The monoisotopic (exact) mass is 841 g/mol. The van der Waals surface area contributed by atoms with Gasteiger partial charge >= 0.3 is 0 Å². The molecule has 13 rings (SSSR count). The van der Waals surface area contributed by atoms with Gasteiger partial charge in [0, 0.05) is 28.8 Å². The smallest absolute Gasteiger partial charge is 0.0540 e. The van der Waals surface area contributed by atoms with Gasteiger partial charge in [-0.1, -0.05) is 218 Å². The van der Waals surface area contributed by atoms with Gasteiger partial charge in [0.05, 0.1) is 11.1 Å². The van der Waals surface area contributed by atoms with Gasteiger partial charge in [0.1, 0.15) is 0 Å². The third kappa shape index (κ3) is 5.93. The van der Waals surface area contributed by atoms with Crippen molar-refractivity contribution < 1.29 is 0 Å². The Kier molecular flexibility index (Phi) is 9.10. The van der Waals surface area contributed by atoms with Gasteiger partial charge < -0.3 is 4.90 Å². The minimum atomic E-state index is -0.277. The average molecular weight is 842 g/mol. The summed E-state index contributed by atoms with van der Waals surface area (Å²) in [6.45, 7) is 0. The summed E-state index contributed by atoms with van der Waals surface area (Å²) in [5, 5.41) is 2.49. The second kappa shape index (κ2) is 15.6. The molecule has 3 atom stereocenters. The molecule has 0 amide bonds. The fourth-order valence-electron chi connectivity index (χ4n) is 12.0. The number of allylic oxidation sites excluding steroid dienone is 8. The van der Waals surface area contributed by atoms with Gasteiger partial charge in [0.15, 0.2) is 0 Å². The van der Waals surface area contributed by atoms with Crippen molar-refractivity contribution >= 4 is 33.4 Å². The zero-order valence-electron chi connectivity index (χ0n) is 36.7. The molecule has 4 aliphatic rings. The molecule has 312 valence electrons. The van der Waals surface area contributed by atoms with E-state index in [1.807, 2.05) is 0 Å². The molecule has 0 fully saturated rings. The van der Waals surface area contributed by atoms with E-state index in [1.165, 1.54) is 88.7 Å². The van der Waals surface area contributed by atoms with Crippen LogP contribution in [0.4, 0.5) is 17.1 Å². The van der Waals surface area contributed by atoms with Gasteiger partial charge in [0.25, 0.3) is 0 Å². The second-order valence-corrected chi connectivity index (χ2v) is 18.2. The van der Waals surface area contributed by atoms with Crippen LogP contribution < -0.4 is 4.90 Å². The molecule has 1 nitrogen and oxygen atoms in total. The summed E-state index contributed by atoms with van der Waals surface area (Å²) in [6.07, 6.45) is 16.7. The van der Waals surface area contributed by atoms with Gasteiger partial charge in [-0.05, 0) is 126 Å². The fourth-order valence-corrected chi connectivity index (χ4v) is 12.0. The number of nitrogens with zero attached hydrogens (tertiary/aromatic N) is 1. The molecule has 0 N–H and O–H groups in total. The maximum atomic E-state index is 2.57.